The summed E-state index contributed by atoms with van der Waals surface area (Å²) < 4.78 is 1.02. The van der Waals surface area contributed by atoms with Gasteiger partial charge in [0, 0.05) is 0 Å². The van der Waals surface area contributed by atoms with Gasteiger partial charge in [0.1, 0.15) is 0 Å². The number of hydrogen-bond acceptors (Lipinski definition) is 4. The van der Waals surface area contributed by atoms with Gasteiger partial charge in [0.15, 0.2) is 0 Å². The fourth-order valence-electron chi connectivity index (χ4n) is 2.11. The van der Waals surface area contributed by atoms with E-state index >= 15 is 0 Å². The summed E-state index contributed by atoms with van der Waals surface area (Å²) in [6.45, 7) is 0. The molecule has 0 saturated carbocycles. The maximum absolute atomic E-state index is 12.2. The Morgan fingerprint density at radius 2 is 1.65 bits per heavy atom. The van der Waals surface area contributed by atoms with Crippen molar-refractivity contribution >= 4 is 39.7 Å². The van der Waals surface area contributed by atoms with Gasteiger partial charge in [-0.15, -0.1) is 0 Å². The van der Waals surface area contributed by atoms with Gasteiger partial charge in [-0.3, -0.25) is 0 Å². The van der Waals surface area contributed by atoms with Gasteiger partial charge in [0.25, 0.3) is 0 Å². The van der Waals surface area contributed by atoms with Crippen molar-refractivity contribution in [2.45, 2.75) is 27.7 Å². The Labute approximate surface area is 121 Å². The number of hydroxylamine groups is 2. The van der Waals surface area contributed by atoms with Crippen LogP contribution in [0.15, 0.2) is 24.3 Å². The molecule has 106 valence electrons. The van der Waals surface area contributed by atoms with E-state index < -0.39 is 36.2 Å². The SMILES string of the molecule is [CH3][Sn]([CH3])([CH3])[c]1ccccc1C(=O)ON1C(=O)CCC1=O. The molecule has 6 heteroatoms. The first-order valence-corrected chi connectivity index (χ1v) is 16.5. The predicted octanol–water partition coefficient (Wildman–Crippen LogP) is 1.45. The fraction of sp³-hybridized carbons (Fsp3) is 0.357. The van der Waals surface area contributed by atoms with Crippen LogP contribution in [0.1, 0.15) is 23.2 Å². The normalized spacial score (nSPS) is 15.7. The second-order valence-corrected chi connectivity index (χ2v) is 20.1. The number of benzene rings is 1. The van der Waals surface area contributed by atoms with Crippen LogP contribution in [-0.4, -0.2) is 41.2 Å². The molecule has 0 atom stereocenters. The van der Waals surface area contributed by atoms with Crippen molar-refractivity contribution in [2.24, 2.45) is 0 Å². The van der Waals surface area contributed by atoms with E-state index in [9.17, 15) is 14.4 Å². The molecular formula is C14H17NO4Sn. The first-order valence-electron chi connectivity index (χ1n) is 6.48. The molecule has 0 aliphatic carbocycles. The van der Waals surface area contributed by atoms with Crippen molar-refractivity contribution in [2.75, 3.05) is 0 Å². The summed E-state index contributed by atoms with van der Waals surface area (Å²) in [5.74, 6) is -1.55. The molecular weight excluding hydrogens is 365 g/mol. The van der Waals surface area contributed by atoms with Crippen LogP contribution in [0.5, 0.6) is 0 Å². The number of hydrogen-bond donors (Lipinski definition) is 0. The van der Waals surface area contributed by atoms with E-state index in [-0.39, 0.29) is 12.8 Å². The summed E-state index contributed by atoms with van der Waals surface area (Å²) in [6.07, 6.45) is 0.207. The predicted molar refractivity (Wildman–Crippen MR) is 75.9 cm³/mol. The Balaban J connectivity index is 2.26. The Morgan fingerprint density at radius 3 is 2.20 bits per heavy atom. The van der Waals surface area contributed by atoms with Crippen molar-refractivity contribution in [3.8, 4) is 0 Å². The van der Waals surface area contributed by atoms with Gasteiger partial charge in [-0.25, -0.2) is 0 Å². The summed E-state index contributed by atoms with van der Waals surface area (Å²) in [5, 5.41) is 0.595. The molecule has 0 spiro atoms. The van der Waals surface area contributed by atoms with Crippen LogP contribution in [0.4, 0.5) is 0 Å². The number of carbonyl (C=O) groups is 3. The molecule has 1 aromatic carbocycles. The standard InChI is InChI=1S/C11H8NO4.3CH3.Sn/c13-9-6-7-10(14)12(9)16-11(15)8-4-2-1-3-5-8;;;;/h1-4H,6-7H2;3*1H3;. The number of carbonyl (C=O) groups excluding carboxylic acids is 3. The number of imide groups is 1. The van der Waals surface area contributed by atoms with E-state index in [0.717, 1.165) is 3.58 Å². The molecule has 2 rings (SSSR count). The van der Waals surface area contributed by atoms with Crippen molar-refractivity contribution in [3.63, 3.8) is 0 Å². The van der Waals surface area contributed by atoms with Crippen LogP contribution in [0.2, 0.25) is 14.8 Å². The minimum atomic E-state index is -2.48. The second kappa shape index (κ2) is 5.55. The van der Waals surface area contributed by atoms with E-state index in [2.05, 4.69) is 14.8 Å². The molecule has 1 saturated heterocycles. The molecule has 1 aliphatic rings. The quantitative estimate of drug-likeness (QED) is 0.587. The summed E-state index contributed by atoms with van der Waals surface area (Å²) in [5.41, 5.74) is 0.461. The third-order valence-corrected chi connectivity index (χ3v) is 8.99. The maximum atomic E-state index is 12.2. The zero-order chi connectivity index (χ0) is 14.9. The molecule has 1 aromatic rings. The Bertz CT molecular complexity index is 561. The molecule has 0 radical (unpaired) electrons. The van der Waals surface area contributed by atoms with Crippen molar-refractivity contribution in [1.29, 1.82) is 0 Å². The van der Waals surface area contributed by atoms with E-state index in [0.29, 0.717) is 10.6 Å². The number of rotatable bonds is 3. The molecule has 1 fully saturated rings. The van der Waals surface area contributed by atoms with E-state index in [1.807, 2.05) is 12.1 Å². The summed E-state index contributed by atoms with van der Waals surface area (Å²) >= 11 is -2.48. The molecule has 0 aromatic heterocycles. The average molecular weight is 382 g/mol. The van der Waals surface area contributed by atoms with E-state index in [1.54, 1.807) is 12.1 Å². The van der Waals surface area contributed by atoms with Crippen LogP contribution in [0.3, 0.4) is 0 Å². The van der Waals surface area contributed by atoms with Gasteiger partial charge in [0.2, 0.25) is 0 Å². The van der Waals surface area contributed by atoms with Crippen LogP contribution >= 0.6 is 0 Å². The van der Waals surface area contributed by atoms with Gasteiger partial charge in [-0.1, -0.05) is 0 Å². The van der Waals surface area contributed by atoms with Gasteiger partial charge in [-0.2, -0.15) is 0 Å². The molecule has 2 amide bonds. The fourth-order valence-corrected chi connectivity index (χ4v) is 6.64. The van der Waals surface area contributed by atoms with E-state index in [1.165, 1.54) is 0 Å². The molecule has 0 unspecified atom stereocenters. The third-order valence-electron chi connectivity index (χ3n) is 3.13. The van der Waals surface area contributed by atoms with Gasteiger partial charge in [-0.05, 0) is 0 Å². The van der Waals surface area contributed by atoms with Crippen LogP contribution < -0.4 is 3.58 Å². The molecule has 1 aliphatic heterocycles. The van der Waals surface area contributed by atoms with Crippen LogP contribution in [0, 0.1) is 0 Å². The van der Waals surface area contributed by atoms with E-state index in [4.69, 9.17) is 4.84 Å². The zero-order valence-corrected chi connectivity index (χ0v) is 14.7. The minimum absolute atomic E-state index is 0.103. The van der Waals surface area contributed by atoms with Crippen LogP contribution in [-0.2, 0) is 14.4 Å². The molecule has 1 heterocycles. The Hall–Kier alpha value is -1.37. The average Bonchev–Trinajstić information content (AvgIpc) is 2.69. The number of amides is 2. The first-order chi connectivity index (χ1) is 9.30. The monoisotopic (exact) mass is 383 g/mol. The third kappa shape index (κ3) is 3.03. The Kier molecular flexibility index (Phi) is 4.17. The van der Waals surface area contributed by atoms with Gasteiger partial charge < -0.3 is 0 Å². The molecule has 5 nitrogen and oxygen atoms in total. The Morgan fingerprint density at radius 1 is 1.10 bits per heavy atom. The first kappa shape index (κ1) is 15.0. The topological polar surface area (TPSA) is 63.7 Å². The molecule has 0 bridgehead atoms. The van der Waals surface area contributed by atoms with Crippen molar-refractivity contribution in [1.82, 2.24) is 5.06 Å². The second-order valence-electron chi connectivity index (χ2n) is 5.76. The van der Waals surface area contributed by atoms with Crippen molar-refractivity contribution < 1.29 is 19.2 Å². The summed E-state index contributed by atoms with van der Waals surface area (Å²) in [4.78, 5) is 46.7. The zero-order valence-electron chi connectivity index (χ0n) is 11.8. The van der Waals surface area contributed by atoms with Gasteiger partial charge in [0.05, 0.1) is 0 Å². The summed E-state index contributed by atoms with van der Waals surface area (Å²) in [6, 6.07) is 7.26. The summed E-state index contributed by atoms with van der Waals surface area (Å²) in [7, 11) is 0. The van der Waals surface area contributed by atoms with Gasteiger partial charge >= 0.3 is 122 Å². The molecule has 0 N–H and O–H groups in total. The van der Waals surface area contributed by atoms with Crippen LogP contribution in [0.25, 0.3) is 0 Å². The molecule has 20 heavy (non-hydrogen) atoms. The number of nitrogens with zero attached hydrogens (tertiary/aromatic N) is 1. The van der Waals surface area contributed by atoms with Crippen molar-refractivity contribution in [3.05, 3.63) is 29.8 Å².